The van der Waals surface area contributed by atoms with Gasteiger partial charge in [0.1, 0.15) is 5.58 Å². The van der Waals surface area contributed by atoms with Gasteiger partial charge in [-0.3, -0.25) is 9.78 Å². The van der Waals surface area contributed by atoms with E-state index >= 15 is 0 Å². The number of furan rings is 1. The summed E-state index contributed by atoms with van der Waals surface area (Å²) in [6.45, 7) is 6.45. The van der Waals surface area contributed by atoms with E-state index in [4.69, 9.17) is 4.42 Å². The van der Waals surface area contributed by atoms with Gasteiger partial charge in [0, 0.05) is 43.0 Å². The zero-order valence-corrected chi connectivity index (χ0v) is 16.9. The highest BCUT2D eigenvalue weighted by Gasteiger charge is 2.24. The average Bonchev–Trinajstić information content (AvgIpc) is 3.04. The Bertz CT molecular complexity index is 1090. The summed E-state index contributed by atoms with van der Waals surface area (Å²) in [5, 5.41) is 3.41. The second-order valence-corrected chi connectivity index (χ2v) is 8.29. The van der Waals surface area contributed by atoms with E-state index in [1.54, 1.807) is 51.4 Å². The molecule has 8 heteroatoms. The fourth-order valence-electron chi connectivity index (χ4n) is 3.05. The van der Waals surface area contributed by atoms with Crippen LogP contribution in [-0.4, -0.2) is 36.7 Å². The number of fused-ring (bicyclic) bond motifs is 1. The van der Waals surface area contributed by atoms with Crippen molar-refractivity contribution in [1.29, 1.82) is 0 Å². The van der Waals surface area contributed by atoms with Crippen LogP contribution in [0.1, 0.15) is 35.5 Å². The van der Waals surface area contributed by atoms with Crippen LogP contribution in [0, 0.1) is 6.92 Å². The highest BCUT2D eigenvalue weighted by Crippen LogP contribution is 2.29. The number of amides is 1. The van der Waals surface area contributed by atoms with Crippen molar-refractivity contribution in [3.63, 3.8) is 0 Å². The van der Waals surface area contributed by atoms with E-state index in [1.165, 1.54) is 10.4 Å². The topological polar surface area (TPSA) is 92.5 Å². The highest BCUT2D eigenvalue weighted by atomic mass is 32.2. The lowest BCUT2D eigenvalue weighted by Gasteiger charge is -2.18. The summed E-state index contributed by atoms with van der Waals surface area (Å²) >= 11 is 0. The Hall–Kier alpha value is -2.71. The van der Waals surface area contributed by atoms with E-state index in [0.29, 0.717) is 36.2 Å². The van der Waals surface area contributed by atoms with E-state index in [9.17, 15) is 13.2 Å². The molecule has 0 saturated carbocycles. The van der Waals surface area contributed by atoms with Gasteiger partial charge in [-0.25, -0.2) is 8.42 Å². The summed E-state index contributed by atoms with van der Waals surface area (Å²) in [5.74, 6) is -0.179. The molecule has 0 radical (unpaired) electrons. The lowest BCUT2D eigenvalue weighted by Crippen LogP contribution is -2.30. The molecule has 0 spiro atoms. The van der Waals surface area contributed by atoms with Crippen LogP contribution in [0.5, 0.6) is 0 Å². The summed E-state index contributed by atoms with van der Waals surface area (Å²) in [7, 11) is -3.58. The Morgan fingerprint density at radius 2 is 1.96 bits per heavy atom. The van der Waals surface area contributed by atoms with Crippen molar-refractivity contribution in [1.82, 2.24) is 14.6 Å². The number of nitrogens with zero attached hydrogens (tertiary/aromatic N) is 2. The number of hydrogen-bond donors (Lipinski definition) is 1. The van der Waals surface area contributed by atoms with E-state index in [1.807, 2.05) is 6.07 Å². The maximum atomic E-state index is 12.8. The molecule has 0 saturated heterocycles. The minimum absolute atomic E-state index is 0.177. The normalized spacial score (nSPS) is 11.9. The summed E-state index contributed by atoms with van der Waals surface area (Å²) < 4.78 is 32.6. The average molecular weight is 401 g/mol. The van der Waals surface area contributed by atoms with Crippen molar-refractivity contribution in [3.8, 4) is 0 Å². The van der Waals surface area contributed by atoms with Gasteiger partial charge in [0.25, 0.3) is 5.91 Å². The molecule has 0 aliphatic rings. The van der Waals surface area contributed by atoms with Crippen LogP contribution in [0.4, 0.5) is 0 Å². The molecule has 1 aromatic carbocycles. The number of sulfonamides is 1. The predicted octanol–water partition coefficient (Wildman–Crippen LogP) is 3.10. The van der Waals surface area contributed by atoms with E-state index in [2.05, 4.69) is 10.3 Å². The summed E-state index contributed by atoms with van der Waals surface area (Å²) in [6.07, 6.45) is 3.34. The molecule has 0 bridgehead atoms. The van der Waals surface area contributed by atoms with E-state index < -0.39 is 10.0 Å². The number of nitrogens with one attached hydrogen (secondary N) is 1. The first-order chi connectivity index (χ1) is 13.4. The van der Waals surface area contributed by atoms with Crippen molar-refractivity contribution >= 4 is 26.9 Å². The Labute approximate surface area is 164 Å². The number of carbonyl (C=O) groups is 1. The first-order valence-electron chi connectivity index (χ1n) is 9.08. The third-order valence-electron chi connectivity index (χ3n) is 4.63. The van der Waals surface area contributed by atoms with Gasteiger partial charge < -0.3 is 9.73 Å². The lowest BCUT2D eigenvalue weighted by atomic mass is 10.1. The number of benzene rings is 1. The van der Waals surface area contributed by atoms with Gasteiger partial charge in [-0.15, -0.1) is 0 Å². The van der Waals surface area contributed by atoms with Crippen LogP contribution in [0.15, 0.2) is 52.0 Å². The van der Waals surface area contributed by atoms with Crippen LogP contribution in [0.3, 0.4) is 0 Å². The molecule has 0 unspecified atom stereocenters. The number of pyridine rings is 1. The summed E-state index contributed by atoms with van der Waals surface area (Å²) in [6, 6.07) is 8.33. The maximum absolute atomic E-state index is 12.8. The Balaban J connectivity index is 1.90. The van der Waals surface area contributed by atoms with E-state index in [0.717, 1.165) is 5.56 Å². The molecule has 0 fully saturated rings. The molecule has 28 heavy (non-hydrogen) atoms. The van der Waals surface area contributed by atoms with Crippen molar-refractivity contribution in [2.24, 2.45) is 0 Å². The lowest BCUT2D eigenvalue weighted by molar-refractivity contribution is 0.0924. The van der Waals surface area contributed by atoms with Gasteiger partial charge in [0.15, 0.2) is 5.76 Å². The number of hydrogen-bond acceptors (Lipinski definition) is 5. The second kappa shape index (κ2) is 8.12. The number of rotatable bonds is 7. The van der Waals surface area contributed by atoms with Crippen molar-refractivity contribution < 1.29 is 17.6 Å². The smallest absolute Gasteiger partial charge is 0.287 e. The molecule has 7 nitrogen and oxygen atoms in total. The van der Waals surface area contributed by atoms with Crippen molar-refractivity contribution in [2.75, 3.05) is 13.1 Å². The first kappa shape index (κ1) is 20.0. The van der Waals surface area contributed by atoms with Crippen LogP contribution < -0.4 is 5.32 Å². The van der Waals surface area contributed by atoms with Gasteiger partial charge in [-0.1, -0.05) is 19.9 Å². The van der Waals surface area contributed by atoms with Crippen LogP contribution in [0.25, 0.3) is 11.0 Å². The molecule has 0 aliphatic carbocycles. The molecule has 1 amide bonds. The number of carbonyl (C=O) groups excluding carboxylic acids is 1. The minimum atomic E-state index is -3.58. The molecule has 3 aromatic rings. The minimum Gasteiger partial charge on any atom is -0.451 e. The quantitative estimate of drug-likeness (QED) is 0.657. The molecule has 0 atom stereocenters. The standard InChI is InChI=1S/C20H23N3O4S/c1-4-23(5-2)28(25,26)16-8-9-18-17(11-16)14(3)19(27-18)20(24)22-13-15-7-6-10-21-12-15/h6-12H,4-5,13H2,1-3H3,(H,22,24). The van der Waals surface area contributed by atoms with Crippen LogP contribution >= 0.6 is 0 Å². The molecular weight excluding hydrogens is 378 g/mol. The summed E-state index contributed by atoms with van der Waals surface area (Å²) in [5.41, 5.74) is 1.95. The zero-order chi connectivity index (χ0) is 20.3. The molecule has 3 rings (SSSR count). The predicted molar refractivity (Wildman–Crippen MR) is 106 cm³/mol. The third kappa shape index (κ3) is 3.79. The highest BCUT2D eigenvalue weighted by molar-refractivity contribution is 7.89. The fraction of sp³-hybridized carbons (Fsp3) is 0.300. The van der Waals surface area contributed by atoms with E-state index in [-0.39, 0.29) is 16.6 Å². The molecule has 148 valence electrons. The molecule has 0 aliphatic heterocycles. The van der Waals surface area contributed by atoms with Crippen LogP contribution in [-0.2, 0) is 16.6 Å². The fourth-order valence-corrected chi connectivity index (χ4v) is 4.54. The zero-order valence-electron chi connectivity index (χ0n) is 16.1. The number of aryl methyl sites for hydroxylation is 1. The van der Waals surface area contributed by atoms with Gasteiger partial charge in [0.2, 0.25) is 10.0 Å². The molecular formula is C20H23N3O4S. The SMILES string of the molecule is CCN(CC)S(=O)(=O)c1ccc2oc(C(=O)NCc3cccnc3)c(C)c2c1. The van der Waals surface area contributed by atoms with Gasteiger partial charge in [0.05, 0.1) is 4.90 Å². The third-order valence-corrected chi connectivity index (χ3v) is 6.68. The Kier molecular flexibility index (Phi) is 5.81. The van der Waals surface area contributed by atoms with Crippen molar-refractivity contribution in [2.45, 2.75) is 32.2 Å². The van der Waals surface area contributed by atoms with Crippen molar-refractivity contribution in [3.05, 3.63) is 59.6 Å². The molecule has 2 heterocycles. The van der Waals surface area contributed by atoms with Gasteiger partial charge in [-0.2, -0.15) is 4.31 Å². The number of aromatic nitrogens is 1. The van der Waals surface area contributed by atoms with Crippen LogP contribution in [0.2, 0.25) is 0 Å². The maximum Gasteiger partial charge on any atom is 0.287 e. The Morgan fingerprint density at radius 3 is 2.61 bits per heavy atom. The molecule has 1 N–H and O–H groups in total. The molecule has 2 aromatic heterocycles. The second-order valence-electron chi connectivity index (χ2n) is 6.35. The Morgan fingerprint density at radius 1 is 1.21 bits per heavy atom. The van der Waals surface area contributed by atoms with Gasteiger partial charge >= 0.3 is 0 Å². The largest absolute Gasteiger partial charge is 0.451 e. The van der Waals surface area contributed by atoms with Gasteiger partial charge in [-0.05, 0) is 36.8 Å². The monoisotopic (exact) mass is 401 g/mol. The first-order valence-corrected chi connectivity index (χ1v) is 10.5. The summed E-state index contributed by atoms with van der Waals surface area (Å²) in [4.78, 5) is 16.7.